The van der Waals surface area contributed by atoms with Crippen LogP contribution in [0, 0.1) is 0 Å². The SMILES string of the molecule is CC(=Cc1sc(N(C)C)nc1Cl)CNC1CC1. The molecular formula is C12H18ClN3S. The first-order chi connectivity index (χ1) is 8.06. The van der Waals surface area contributed by atoms with Gasteiger partial charge in [-0.15, -0.1) is 0 Å². The van der Waals surface area contributed by atoms with Crippen LogP contribution in [0.25, 0.3) is 6.08 Å². The first kappa shape index (κ1) is 12.9. The molecule has 0 radical (unpaired) electrons. The minimum atomic E-state index is 0.601. The van der Waals surface area contributed by atoms with Crippen LogP contribution in [-0.4, -0.2) is 31.7 Å². The molecule has 0 spiro atoms. The molecule has 5 heteroatoms. The Labute approximate surface area is 111 Å². The van der Waals surface area contributed by atoms with Gasteiger partial charge >= 0.3 is 0 Å². The Bertz CT molecular complexity index is 421. The van der Waals surface area contributed by atoms with Gasteiger partial charge in [0.05, 0.1) is 4.88 Å². The van der Waals surface area contributed by atoms with E-state index in [4.69, 9.17) is 11.6 Å². The summed E-state index contributed by atoms with van der Waals surface area (Å²) in [6, 6.07) is 0.743. The fourth-order valence-electron chi connectivity index (χ4n) is 1.45. The summed E-state index contributed by atoms with van der Waals surface area (Å²) in [5.74, 6) is 0. The predicted molar refractivity (Wildman–Crippen MR) is 76.1 cm³/mol. The second-order valence-electron chi connectivity index (χ2n) is 4.69. The first-order valence-corrected chi connectivity index (χ1v) is 7.00. The topological polar surface area (TPSA) is 28.2 Å². The van der Waals surface area contributed by atoms with Gasteiger partial charge in [0.2, 0.25) is 0 Å². The molecule has 0 aromatic carbocycles. The van der Waals surface area contributed by atoms with Crippen LogP contribution in [-0.2, 0) is 0 Å². The molecule has 2 rings (SSSR count). The van der Waals surface area contributed by atoms with Crippen molar-refractivity contribution >= 4 is 34.1 Å². The van der Waals surface area contributed by atoms with E-state index in [1.165, 1.54) is 18.4 Å². The molecule has 0 bridgehead atoms. The quantitative estimate of drug-likeness (QED) is 0.892. The summed E-state index contributed by atoms with van der Waals surface area (Å²) in [5, 5.41) is 5.04. The van der Waals surface area contributed by atoms with E-state index in [1.54, 1.807) is 11.3 Å². The normalized spacial score (nSPS) is 16.4. The highest BCUT2D eigenvalue weighted by atomic mass is 35.5. The number of aromatic nitrogens is 1. The lowest BCUT2D eigenvalue weighted by atomic mass is 10.2. The number of hydrogen-bond acceptors (Lipinski definition) is 4. The summed E-state index contributed by atoms with van der Waals surface area (Å²) < 4.78 is 0. The maximum absolute atomic E-state index is 6.12. The average molecular weight is 272 g/mol. The third-order valence-electron chi connectivity index (χ3n) is 2.61. The fraction of sp³-hybridized carbons (Fsp3) is 0.583. The van der Waals surface area contributed by atoms with Crippen molar-refractivity contribution in [3.63, 3.8) is 0 Å². The van der Waals surface area contributed by atoms with Gasteiger partial charge in [-0.05, 0) is 25.8 Å². The molecule has 1 N–H and O–H groups in total. The molecule has 94 valence electrons. The van der Waals surface area contributed by atoms with Crippen molar-refractivity contribution in [2.24, 2.45) is 0 Å². The van der Waals surface area contributed by atoms with E-state index < -0.39 is 0 Å². The molecule has 1 aliphatic rings. The van der Waals surface area contributed by atoms with Crippen LogP contribution in [0.15, 0.2) is 5.57 Å². The molecule has 1 saturated carbocycles. The Balaban J connectivity index is 2.02. The minimum Gasteiger partial charge on any atom is -0.354 e. The van der Waals surface area contributed by atoms with Crippen molar-refractivity contribution < 1.29 is 0 Å². The Morgan fingerprint density at radius 3 is 2.82 bits per heavy atom. The van der Waals surface area contributed by atoms with E-state index in [0.29, 0.717) is 5.15 Å². The second-order valence-corrected chi connectivity index (χ2v) is 6.06. The Kier molecular flexibility index (Phi) is 4.07. The van der Waals surface area contributed by atoms with Crippen LogP contribution in [0.5, 0.6) is 0 Å². The molecule has 1 aromatic rings. The highest BCUT2D eigenvalue weighted by Gasteiger charge is 2.19. The molecule has 1 aliphatic carbocycles. The van der Waals surface area contributed by atoms with Crippen LogP contribution in [0.2, 0.25) is 5.15 Å². The second kappa shape index (κ2) is 5.38. The van der Waals surface area contributed by atoms with Crippen LogP contribution < -0.4 is 10.2 Å². The highest BCUT2D eigenvalue weighted by Crippen LogP contribution is 2.30. The molecular weight excluding hydrogens is 254 g/mol. The molecule has 0 unspecified atom stereocenters. The average Bonchev–Trinajstić information content (AvgIpc) is 3.02. The van der Waals surface area contributed by atoms with Gasteiger partial charge in [0.15, 0.2) is 5.13 Å². The number of thiazole rings is 1. The van der Waals surface area contributed by atoms with Crippen molar-refractivity contribution in [2.45, 2.75) is 25.8 Å². The van der Waals surface area contributed by atoms with Crippen molar-refractivity contribution in [2.75, 3.05) is 25.5 Å². The van der Waals surface area contributed by atoms with Gasteiger partial charge < -0.3 is 10.2 Å². The largest absolute Gasteiger partial charge is 0.354 e. The zero-order valence-corrected chi connectivity index (χ0v) is 12.0. The summed E-state index contributed by atoms with van der Waals surface area (Å²) in [7, 11) is 3.95. The van der Waals surface area contributed by atoms with Gasteiger partial charge in [0, 0.05) is 26.7 Å². The number of nitrogens with one attached hydrogen (secondary N) is 1. The maximum atomic E-state index is 6.12. The lowest BCUT2D eigenvalue weighted by Gasteiger charge is -2.05. The third-order valence-corrected chi connectivity index (χ3v) is 4.18. The van der Waals surface area contributed by atoms with Crippen molar-refractivity contribution in [1.29, 1.82) is 0 Å². The van der Waals surface area contributed by atoms with Crippen LogP contribution in [0.4, 0.5) is 5.13 Å². The van der Waals surface area contributed by atoms with E-state index in [2.05, 4.69) is 23.3 Å². The zero-order valence-electron chi connectivity index (χ0n) is 10.5. The third kappa shape index (κ3) is 3.69. The van der Waals surface area contributed by atoms with E-state index in [1.807, 2.05) is 19.0 Å². The van der Waals surface area contributed by atoms with E-state index in [0.717, 1.165) is 22.6 Å². The lowest BCUT2D eigenvalue weighted by Crippen LogP contribution is -2.18. The number of hydrogen-bond donors (Lipinski definition) is 1. The van der Waals surface area contributed by atoms with Crippen LogP contribution >= 0.6 is 22.9 Å². The first-order valence-electron chi connectivity index (χ1n) is 5.80. The van der Waals surface area contributed by atoms with Crippen LogP contribution in [0.1, 0.15) is 24.6 Å². The number of anilines is 1. The molecule has 0 aliphatic heterocycles. The molecule has 0 amide bonds. The molecule has 0 saturated heterocycles. The Morgan fingerprint density at radius 2 is 2.29 bits per heavy atom. The highest BCUT2D eigenvalue weighted by molar-refractivity contribution is 7.17. The standard InChI is InChI=1S/C12H18ClN3S/c1-8(7-14-9-4-5-9)6-10-11(13)15-12(17-10)16(2)3/h6,9,14H,4-5,7H2,1-3H3. The summed E-state index contributed by atoms with van der Waals surface area (Å²) in [6.45, 7) is 3.07. The van der Waals surface area contributed by atoms with E-state index in [-0.39, 0.29) is 0 Å². The van der Waals surface area contributed by atoms with E-state index >= 15 is 0 Å². The molecule has 3 nitrogen and oxygen atoms in total. The van der Waals surface area contributed by atoms with Gasteiger partial charge in [0.1, 0.15) is 5.15 Å². The maximum Gasteiger partial charge on any atom is 0.186 e. The predicted octanol–water partition coefficient (Wildman–Crippen LogP) is 3.02. The van der Waals surface area contributed by atoms with Gasteiger partial charge in [-0.2, -0.15) is 0 Å². The summed E-state index contributed by atoms with van der Waals surface area (Å²) >= 11 is 7.74. The summed E-state index contributed by atoms with van der Waals surface area (Å²) in [4.78, 5) is 7.34. The molecule has 1 heterocycles. The van der Waals surface area contributed by atoms with Gasteiger partial charge in [-0.25, -0.2) is 4.98 Å². The Morgan fingerprint density at radius 1 is 1.59 bits per heavy atom. The van der Waals surface area contributed by atoms with E-state index in [9.17, 15) is 0 Å². The lowest BCUT2D eigenvalue weighted by molar-refractivity contribution is 0.736. The summed E-state index contributed by atoms with van der Waals surface area (Å²) in [6.07, 6.45) is 4.77. The number of rotatable bonds is 5. The molecule has 0 atom stereocenters. The van der Waals surface area contributed by atoms with Gasteiger partial charge in [-0.3, -0.25) is 0 Å². The molecule has 1 aromatic heterocycles. The molecule has 17 heavy (non-hydrogen) atoms. The van der Waals surface area contributed by atoms with Gasteiger partial charge in [0.25, 0.3) is 0 Å². The number of halogens is 1. The van der Waals surface area contributed by atoms with Crippen molar-refractivity contribution in [1.82, 2.24) is 10.3 Å². The molecule has 1 fully saturated rings. The fourth-order valence-corrected chi connectivity index (χ4v) is 2.66. The minimum absolute atomic E-state index is 0.601. The monoisotopic (exact) mass is 271 g/mol. The smallest absolute Gasteiger partial charge is 0.186 e. The zero-order chi connectivity index (χ0) is 12.4. The van der Waals surface area contributed by atoms with Crippen molar-refractivity contribution in [3.8, 4) is 0 Å². The number of nitrogens with zero attached hydrogens (tertiary/aromatic N) is 2. The van der Waals surface area contributed by atoms with Crippen LogP contribution in [0.3, 0.4) is 0 Å². The Hall–Kier alpha value is -0.580. The van der Waals surface area contributed by atoms with Crippen molar-refractivity contribution in [3.05, 3.63) is 15.6 Å². The van der Waals surface area contributed by atoms with Gasteiger partial charge in [-0.1, -0.05) is 28.5 Å². The summed E-state index contributed by atoms with van der Waals surface area (Å²) in [5.41, 5.74) is 1.30.